The molecule has 25 heavy (non-hydrogen) atoms. The van der Waals surface area contributed by atoms with E-state index in [9.17, 15) is 14.4 Å². The first-order chi connectivity index (χ1) is 12.0. The lowest BCUT2D eigenvalue weighted by Crippen LogP contribution is -2.13. The van der Waals surface area contributed by atoms with E-state index in [4.69, 9.17) is 4.74 Å². The number of hydrogen-bond acceptors (Lipinski definition) is 7. The second-order valence-corrected chi connectivity index (χ2v) is 5.85. The summed E-state index contributed by atoms with van der Waals surface area (Å²) in [6, 6.07) is 6.10. The largest absolute Gasteiger partial charge is 0.465 e. The highest BCUT2D eigenvalue weighted by Gasteiger charge is 2.18. The van der Waals surface area contributed by atoms with Crippen molar-refractivity contribution in [2.75, 3.05) is 19.0 Å². The van der Waals surface area contributed by atoms with E-state index >= 15 is 0 Å². The number of amides is 1. The fourth-order valence-electron chi connectivity index (χ4n) is 1.91. The van der Waals surface area contributed by atoms with Crippen LogP contribution >= 0.6 is 11.3 Å². The van der Waals surface area contributed by atoms with Crippen molar-refractivity contribution in [2.24, 2.45) is 0 Å². The average molecular weight is 360 g/mol. The summed E-state index contributed by atoms with van der Waals surface area (Å²) in [5.74, 6) is -1.51. The van der Waals surface area contributed by atoms with Crippen LogP contribution < -0.4 is 5.32 Å². The zero-order valence-electron chi connectivity index (χ0n) is 13.7. The normalized spacial score (nSPS) is 10.0. The minimum absolute atomic E-state index is 0.0954. The molecule has 130 valence electrons. The van der Waals surface area contributed by atoms with E-state index in [2.05, 4.69) is 21.6 Å². The predicted molar refractivity (Wildman–Crippen MR) is 93.1 cm³/mol. The summed E-state index contributed by atoms with van der Waals surface area (Å²) in [5, 5.41) is 2.86. The number of aryl methyl sites for hydroxylation is 1. The maximum Gasteiger partial charge on any atom is 0.350 e. The number of aromatic nitrogens is 1. The number of benzene rings is 1. The Bertz CT molecular complexity index is 828. The number of methoxy groups -OCH3 is 1. The Balaban J connectivity index is 2.14. The monoisotopic (exact) mass is 360 g/mol. The molecule has 8 heteroatoms. The van der Waals surface area contributed by atoms with Gasteiger partial charge in [-0.3, -0.25) is 10.1 Å². The summed E-state index contributed by atoms with van der Waals surface area (Å²) >= 11 is 1.01. The fourth-order valence-corrected chi connectivity index (χ4v) is 2.77. The lowest BCUT2D eigenvalue weighted by molar-refractivity contribution is 0.0552. The molecule has 0 bridgehead atoms. The second-order valence-electron chi connectivity index (χ2n) is 4.85. The summed E-state index contributed by atoms with van der Waals surface area (Å²) < 4.78 is 9.59. The van der Waals surface area contributed by atoms with Crippen LogP contribution in [0, 0.1) is 6.92 Å². The molecule has 1 heterocycles. The van der Waals surface area contributed by atoms with Gasteiger partial charge in [0, 0.05) is 5.56 Å². The van der Waals surface area contributed by atoms with Gasteiger partial charge < -0.3 is 9.47 Å². The van der Waals surface area contributed by atoms with E-state index < -0.39 is 17.8 Å². The third-order valence-corrected chi connectivity index (χ3v) is 4.13. The van der Waals surface area contributed by atoms with Gasteiger partial charge in [0.1, 0.15) is 11.5 Å². The Morgan fingerprint density at radius 3 is 2.68 bits per heavy atom. The van der Waals surface area contributed by atoms with Crippen LogP contribution in [0.3, 0.4) is 0 Å². The number of hydrogen-bond donors (Lipinski definition) is 1. The minimum Gasteiger partial charge on any atom is -0.465 e. The van der Waals surface area contributed by atoms with E-state index in [0.717, 1.165) is 11.3 Å². The zero-order valence-corrected chi connectivity index (χ0v) is 14.5. The first-order valence-corrected chi connectivity index (χ1v) is 8.03. The molecule has 0 fully saturated rings. The number of rotatable bonds is 6. The minimum atomic E-state index is -0.535. The Hall–Kier alpha value is -3.00. The van der Waals surface area contributed by atoms with Gasteiger partial charge in [0.05, 0.1) is 18.4 Å². The van der Waals surface area contributed by atoms with Crippen LogP contribution in [0.1, 0.15) is 36.1 Å². The molecule has 0 radical (unpaired) electrons. The number of thiazole rings is 1. The first kappa shape index (κ1) is 18.3. The molecule has 1 aromatic heterocycles. The van der Waals surface area contributed by atoms with Crippen LogP contribution in [0.2, 0.25) is 0 Å². The topological polar surface area (TPSA) is 94.6 Å². The Morgan fingerprint density at radius 1 is 1.28 bits per heavy atom. The van der Waals surface area contributed by atoms with Gasteiger partial charge in [0.2, 0.25) is 0 Å². The highest BCUT2D eigenvalue weighted by Crippen LogP contribution is 2.24. The molecule has 0 spiro atoms. The molecule has 0 aliphatic carbocycles. The molecule has 7 nitrogen and oxygen atoms in total. The summed E-state index contributed by atoms with van der Waals surface area (Å²) in [6.45, 7) is 5.22. The molecule has 0 aliphatic rings. The molecule has 2 aromatic rings. The van der Waals surface area contributed by atoms with E-state index in [-0.39, 0.29) is 22.9 Å². The van der Waals surface area contributed by atoms with Crippen LogP contribution in [0.25, 0.3) is 0 Å². The van der Waals surface area contributed by atoms with Gasteiger partial charge in [-0.15, -0.1) is 0 Å². The Kier molecular flexibility index (Phi) is 6.02. The molecule has 0 aliphatic heterocycles. The van der Waals surface area contributed by atoms with Crippen molar-refractivity contribution in [1.29, 1.82) is 0 Å². The molecule has 0 atom stereocenters. The van der Waals surface area contributed by atoms with Gasteiger partial charge in [0.25, 0.3) is 5.91 Å². The molecule has 0 saturated heterocycles. The summed E-state index contributed by atoms with van der Waals surface area (Å²) in [7, 11) is 1.26. The van der Waals surface area contributed by atoms with Crippen molar-refractivity contribution in [2.45, 2.75) is 6.92 Å². The lowest BCUT2D eigenvalue weighted by atomic mass is 10.1. The molecular formula is C17H16N2O5S. The van der Waals surface area contributed by atoms with Gasteiger partial charge in [0.15, 0.2) is 5.13 Å². The van der Waals surface area contributed by atoms with Gasteiger partial charge >= 0.3 is 11.9 Å². The maximum absolute atomic E-state index is 12.3. The van der Waals surface area contributed by atoms with Gasteiger partial charge in [-0.2, -0.15) is 0 Å². The predicted octanol–water partition coefficient (Wildman–Crippen LogP) is 2.83. The van der Waals surface area contributed by atoms with E-state index in [1.165, 1.54) is 19.3 Å². The number of carbonyl (C=O) groups is 3. The van der Waals surface area contributed by atoms with Crippen LogP contribution in [0.5, 0.6) is 0 Å². The van der Waals surface area contributed by atoms with Crippen molar-refractivity contribution < 1.29 is 23.9 Å². The van der Waals surface area contributed by atoms with E-state index in [1.807, 2.05) is 0 Å². The highest BCUT2D eigenvalue weighted by atomic mass is 32.1. The number of ether oxygens (including phenoxy) is 2. The second kappa shape index (κ2) is 8.20. The van der Waals surface area contributed by atoms with E-state index in [0.29, 0.717) is 10.6 Å². The summed E-state index contributed by atoms with van der Waals surface area (Å²) in [5.41, 5.74) is 0.989. The number of carbonyl (C=O) groups excluding carboxylic acids is 3. The van der Waals surface area contributed by atoms with E-state index in [1.54, 1.807) is 25.1 Å². The van der Waals surface area contributed by atoms with Crippen molar-refractivity contribution >= 4 is 34.3 Å². The first-order valence-electron chi connectivity index (χ1n) is 7.21. The quantitative estimate of drug-likeness (QED) is 0.629. The van der Waals surface area contributed by atoms with Crippen molar-refractivity contribution in [3.8, 4) is 0 Å². The number of nitrogens with zero attached hydrogens (tertiary/aromatic N) is 1. The Morgan fingerprint density at radius 2 is 2.00 bits per heavy atom. The van der Waals surface area contributed by atoms with Crippen LogP contribution in [0.4, 0.5) is 5.13 Å². The third kappa shape index (κ3) is 4.51. The van der Waals surface area contributed by atoms with Gasteiger partial charge in [-0.25, -0.2) is 14.6 Å². The molecule has 0 saturated carbocycles. The molecule has 1 amide bonds. The van der Waals surface area contributed by atoms with Crippen molar-refractivity contribution in [3.05, 3.63) is 58.6 Å². The van der Waals surface area contributed by atoms with Crippen molar-refractivity contribution in [1.82, 2.24) is 4.98 Å². The molecule has 1 aromatic carbocycles. The zero-order chi connectivity index (χ0) is 18.4. The molecular weight excluding hydrogens is 344 g/mol. The van der Waals surface area contributed by atoms with Crippen LogP contribution in [-0.2, 0) is 9.47 Å². The fraction of sp³-hybridized carbons (Fsp3) is 0.176. The Labute approximate surface area is 148 Å². The molecule has 0 unspecified atom stereocenters. The average Bonchev–Trinajstić information content (AvgIpc) is 2.99. The number of anilines is 1. The van der Waals surface area contributed by atoms with Crippen molar-refractivity contribution in [3.63, 3.8) is 0 Å². The smallest absolute Gasteiger partial charge is 0.350 e. The maximum atomic E-state index is 12.3. The number of esters is 2. The SMILES string of the molecule is C=CCOC(=O)c1sc(NC(=O)c2cccc(C(=O)OC)c2)nc1C. The number of nitrogens with one attached hydrogen (secondary N) is 1. The van der Waals surface area contributed by atoms with Crippen LogP contribution in [-0.4, -0.2) is 36.5 Å². The van der Waals surface area contributed by atoms with Crippen LogP contribution in [0.15, 0.2) is 36.9 Å². The third-order valence-electron chi connectivity index (χ3n) is 3.08. The lowest BCUT2D eigenvalue weighted by Gasteiger charge is -2.04. The highest BCUT2D eigenvalue weighted by molar-refractivity contribution is 7.17. The standard InChI is InChI=1S/C17H16N2O5S/c1-4-8-24-16(22)13-10(2)18-17(25-13)19-14(20)11-6-5-7-12(9-11)15(21)23-3/h4-7,9H,1,8H2,2-3H3,(H,18,19,20). The summed E-state index contributed by atoms with van der Waals surface area (Å²) in [4.78, 5) is 40.2. The molecule has 2 rings (SSSR count). The molecule has 1 N–H and O–H groups in total. The van der Waals surface area contributed by atoms with Gasteiger partial charge in [-0.1, -0.05) is 30.1 Å². The van der Waals surface area contributed by atoms with Gasteiger partial charge in [-0.05, 0) is 25.1 Å². The summed E-state index contributed by atoms with van der Waals surface area (Å²) in [6.07, 6.45) is 1.46.